The van der Waals surface area contributed by atoms with Crippen molar-refractivity contribution < 1.29 is 19.1 Å². The number of β-amino-alcohol motifs (C(OH)–C–C–N with tert-alkyl or cyclic N) is 1. The van der Waals surface area contributed by atoms with E-state index >= 15 is 0 Å². The minimum atomic E-state index is -0.532. The second kappa shape index (κ2) is 5.85. The van der Waals surface area contributed by atoms with Crippen LogP contribution in [0.15, 0.2) is 41.0 Å². The molecule has 2 unspecified atom stereocenters. The first-order valence-corrected chi connectivity index (χ1v) is 7.27. The molecule has 1 saturated heterocycles. The maximum Gasteiger partial charge on any atom is 0.290 e. The summed E-state index contributed by atoms with van der Waals surface area (Å²) in [4.78, 5) is 14.4. The lowest BCUT2D eigenvalue weighted by Crippen LogP contribution is -2.31. The second-order valence-electron chi connectivity index (χ2n) is 5.57. The third kappa shape index (κ3) is 2.60. The summed E-state index contributed by atoms with van der Waals surface area (Å²) in [5.41, 5.74) is 1.75. The molecule has 0 bridgehead atoms. The van der Waals surface area contributed by atoms with E-state index < -0.39 is 6.10 Å². The molecule has 5 nitrogen and oxygen atoms in total. The van der Waals surface area contributed by atoms with E-state index in [1.807, 2.05) is 31.2 Å². The zero-order valence-electron chi connectivity index (χ0n) is 12.7. The summed E-state index contributed by atoms with van der Waals surface area (Å²) in [7, 11) is 1.61. The van der Waals surface area contributed by atoms with E-state index in [0.29, 0.717) is 18.7 Å². The number of amides is 1. The molecule has 0 saturated carbocycles. The first kappa shape index (κ1) is 14.7. The number of hydrogen-bond acceptors (Lipinski definition) is 4. The maximum atomic E-state index is 12.7. The van der Waals surface area contributed by atoms with Crippen LogP contribution in [0.2, 0.25) is 0 Å². The van der Waals surface area contributed by atoms with Gasteiger partial charge in [-0.3, -0.25) is 4.79 Å². The molecule has 0 radical (unpaired) electrons. The van der Waals surface area contributed by atoms with Gasteiger partial charge < -0.3 is 19.2 Å². The van der Waals surface area contributed by atoms with Crippen molar-refractivity contribution in [2.45, 2.75) is 25.5 Å². The Hall–Kier alpha value is -2.27. The monoisotopic (exact) mass is 301 g/mol. The van der Waals surface area contributed by atoms with E-state index in [9.17, 15) is 9.90 Å². The van der Waals surface area contributed by atoms with Crippen LogP contribution in [0, 0.1) is 6.92 Å². The van der Waals surface area contributed by atoms with E-state index in [2.05, 4.69) is 0 Å². The summed E-state index contributed by atoms with van der Waals surface area (Å²) in [6.07, 6.45) is 1.49. The lowest BCUT2D eigenvalue weighted by atomic mass is 10.0. The Kier molecular flexibility index (Phi) is 3.90. The molecule has 0 aliphatic carbocycles. The fourth-order valence-electron chi connectivity index (χ4n) is 2.93. The van der Waals surface area contributed by atoms with Gasteiger partial charge in [-0.1, -0.05) is 12.1 Å². The van der Waals surface area contributed by atoms with Gasteiger partial charge in [0, 0.05) is 12.1 Å². The summed E-state index contributed by atoms with van der Waals surface area (Å²) >= 11 is 0. The van der Waals surface area contributed by atoms with Crippen LogP contribution in [0.5, 0.6) is 5.75 Å². The number of furan rings is 1. The molecule has 1 aromatic heterocycles. The van der Waals surface area contributed by atoms with Crippen LogP contribution in [0.1, 0.15) is 34.1 Å². The lowest BCUT2D eigenvalue weighted by Gasteiger charge is -2.24. The van der Waals surface area contributed by atoms with E-state index in [4.69, 9.17) is 9.15 Å². The van der Waals surface area contributed by atoms with Gasteiger partial charge in [-0.25, -0.2) is 0 Å². The quantitative estimate of drug-likeness (QED) is 0.946. The molecule has 1 aliphatic rings. The van der Waals surface area contributed by atoms with Gasteiger partial charge in [-0.05, 0) is 37.1 Å². The van der Waals surface area contributed by atoms with Crippen LogP contribution in [0.4, 0.5) is 0 Å². The zero-order valence-corrected chi connectivity index (χ0v) is 12.7. The van der Waals surface area contributed by atoms with E-state index in [1.54, 1.807) is 18.1 Å². The summed E-state index contributed by atoms with van der Waals surface area (Å²) in [5.74, 6) is 0.884. The van der Waals surface area contributed by atoms with Gasteiger partial charge in [0.15, 0.2) is 5.76 Å². The SMILES string of the molecule is COc1cccc(C2CC(O)CN2C(=O)c2occc2C)c1. The summed E-state index contributed by atoms with van der Waals surface area (Å²) in [6, 6.07) is 9.18. The van der Waals surface area contributed by atoms with Gasteiger partial charge in [0.1, 0.15) is 5.75 Å². The number of benzene rings is 1. The minimum absolute atomic E-state index is 0.179. The van der Waals surface area contributed by atoms with Crippen LogP contribution in [0.25, 0.3) is 0 Å². The highest BCUT2D eigenvalue weighted by Crippen LogP contribution is 2.35. The Morgan fingerprint density at radius 2 is 2.23 bits per heavy atom. The van der Waals surface area contributed by atoms with Crippen LogP contribution >= 0.6 is 0 Å². The van der Waals surface area contributed by atoms with Gasteiger partial charge >= 0.3 is 0 Å². The van der Waals surface area contributed by atoms with Crippen molar-refractivity contribution in [2.24, 2.45) is 0 Å². The van der Waals surface area contributed by atoms with Crippen molar-refractivity contribution in [3.05, 3.63) is 53.5 Å². The Balaban J connectivity index is 1.92. The highest BCUT2D eigenvalue weighted by molar-refractivity contribution is 5.93. The number of aliphatic hydroxyl groups is 1. The van der Waals surface area contributed by atoms with Crippen molar-refractivity contribution in [3.8, 4) is 5.75 Å². The van der Waals surface area contributed by atoms with Gasteiger partial charge in [0.2, 0.25) is 0 Å². The largest absolute Gasteiger partial charge is 0.497 e. The van der Waals surface area contributed by atoms with E-state index in [0.717, 1.165) is 16.9 Å². The fourth-order valence-corrected chi connectivity index (χ4v) is 2.93. The number of likely N-dealkylation sites (tertiary alicyclic amines) is 1. The molecule has 1 N–H and O–H groups in total. The number of ether oxygens (including phenoxy) is 1. The molecule has 1 amide bonds. The second-order valence-corrected chi connectivity index (χ2v) is 5.57. The first-order valence-electron chi connectivity index (χ1n) is 7.27. The first-order chi connectivity index (χ1) is 10.6. The number of rotatable bonds is 3. The summed E-state index contributed by atoms with van der Waals surface area (Å²) in [6.45, 7) is 2.14. The van der Waals surface area contributed by atoms with Gasteiger partial charge in [0.05, 0.1) is 25.5 Å². The van der Waals surface area contributed by atoms with Crippen molar-refractivity contribution in [2.75, 3.05) is 13.7 Å². The smallest absolute Gasteiger partial charge is 0.290 e. The molecule has 1 aromatic carbocycles. The molecule has 0 spiro atoms. The fraction of sp³-hybridized carbons (Fsp3) is 0.353. The number of aryl methyl sites for hydroxylation is 1. The molecule has 1 aliphatic heterocycles. The van der Waals surface area contributed by atoms with Crippen LogP contribution in [0.3, 0.4) is 0 Å². The standard InChI is InChI=1S/C17H19NO4/c1-11-6-7-22-16(11)17(20)18-10-13(19)9-15(18)12-4-3-5-14(8-12)21-2/h3-8,13,15,19H,9-10H2,1-2H3. The van der Waals surface area contributed by atoms with Crippen LogP contribution in [-0.4, -0.2) is 35.7 Å². The molecule has 22 heavy (non-hydrogen) atoms. The number of nitrogens with zero attached hydrogens (tertiary/aromatic N) is 1. The lowest BCUT2D eigenvalue weighted by molar-refractivity contribution is 0.0682. The van der Waals surface area contributed by atoms with Crippen molar-refractivity contribution in [1.29, 1.82) is 0 Å². The highest BCUT2D eigenvalue weighted by Gasteiger charge is 2.37. The molecule has 3 rings (SSSR count). The molecule has 5 heteroatoms. The van der Waals surface area contributed by atoms with Gasteiger partial charge in [-0.15, -0.1) is 0 Å². The predicted octanol–water partition coefficient (Wildman–Crippen LogP) is 2.54. The van der Waals surface area contributed by atoms with Crippen molar-refractivity contribution in [3.63, 3.8) is 0 Å². The van der Waals surface area contributed by atoms with E-state index in [1.165, 1.54) is 6.26 Å². The molecule has 2 atom stereocenters. The van der Waals surface area contributed by atoms with Gasteiger partial charge in [-0.2, -0.15) is 0 Å². The molecule has 1 fully saturated rings. The maximum absolute atomic E-state index is 12.7. The average Bonchev–Trinajstić information content (AvgIpc) is 3.12. The van der Waals surface area contributed by atoms with Gasteiger partial charge in [0.25, 0.3) is 5.91 Å². The van der Waals surface area contributed by atoms with Crippen LogP contribution in [-0.2, 0) is 0 Å². The Labute approximate surface area is 129 Å². The van der Waals surface area contributed by atoms with Crippen molar-refractivity contribution in [1.82, 2.24) is 4.90 Å². The Morgan fingerprint density at radius 3 is 2.91 bits per heavy atom. The molecular formula is C17H19NO4. The minimum Gasteiger partial charge on any atom is -0.497 e. The molecule has 2 heterocycles. The molecule has 116 valence electrons. The number of aliphatic hydroxyl groups excluding tert-OH is 1. The Morgan fingerprint density at radius 1 is 1.41 bits per heavy atom. The number of carbonyl (C=O) groups excluding carboxylic acids is 1. The number of methoxy groups -OCH3 is 1. The van der Waals surface area contributed by atoms with E-state index in [-0.39, 0.29) is 11.9 Å². The summed E-state index contributed by atoms with van der Waals surface area (Å²) in [5, 5.41) is 10.0. The Bertz CT molecular complexity index is 679. The summed E-state index contributed by atoms with van der Waals surface area (Å²) < 4.78 is 10.5. The average molecular weight is 301 g/mol. The third-order valence-electron chi connectivity index (χ3n) is 4.07. The zero-order chi connectivity index (χ0) is 15.7. The topological polar surface area (TPSA) is 62.9 Å². The number of hydrogen-bond donors (Lipinski definition) is 1. The third-order valence-corrected chi connectivity index (χ3v) is 4.07. The number of carbonyl (C=O) groups is 1. The molecule has 2 aromatic rings. The van der Waals surface area contributed by atoms with Crippen molar-refractivity contribution >= 4 is 5.91 Å². The molecular weight excluding hydrogens is 282 g/mol. The van der Waals surface area contributed by atoms with Crippen LogP contribution < -0.4 is 4.74 Å². The highest BCUT2D eigenvalue weighted by atomic mass is 16.5. The predicted molar refractivity (Wildman–Crippen MR) is 80.8 cm³/mol. The normalized spacial score (nSPS) is 21.1.